The Balaban J connectivity index is 1.49. The van der Waals surface area contributed by atoms with Crippen molar-refractivity contribution in [1.82, 2.24) is 9.97 Å². The Kier molecular flexibility index (Phi) is 9.75. The first-order valence-corrected chi connectivity index (χ1v) is 16.2. The van der Waals surface area contributed by atoms with Gasteiger partial charge >= 0.3 is 6.18 Å². The number of benzene rings is 3. The number of rotatable bonds is 15. The Morgan fingerprint density at radius 3 is 1.88 bits per heavy atom. The largest absolute Gasteiger partial charge is 0.416 e. The van der Waals surface area contributed by atoms with Crippen molar-refractivity contribution in [3.05, 3.63) is 77.4 Å². The summed E-state index contributed by atoms with van der Waals surface area (Å²) in [5.41, 5.74) is 7.22. The van der Waals surface area contributed by atoms with Crippen LogP contribution in [0.25, 0.3) is 33.5 Å². The molecule has 2 nitrogen and oxygen atoms in total. The van der Waals surface area contributed by atoms with Crippen LogP contribution < -0.4 is 0 Å². The number of nitrogens with one attached hydrogen (secondary N) is 1. The first-order valence-electron chi connectivity index (χ1n) is 16.2. The van der Waals surface area contributed by atoms with E-state index in [4.69, 9.17) is 4.98 Å². The quantitative estimate of drug-likeness (QED) is 0.141. The van der Waals surface area contributed by atoms with Crippen molar-refractivity contribution in [3.63, 3.8) is 0 Å². The van der Waals surface area contributed by atoms with Gasteiger partial charge < -0.3 is 4.98 Å². The molecule has 0 bridgehead atoms. The van der Waals surface area contributed by atoms with E-state index in [0.29, 0.717) is 11.4 Å². The standard InChI is InChI=1S/C37H45F3N2/c1-3-5-7-9-11-15-23-36(24-16-12-10-8-6-4-2)31-18-14-13-17-29(31)30-25-33-34(26-32(30)36)42-35(41-33)27-19-21-28(22-20-27)37(38,39)40/h13-14,17-22,25-26H,3-12,15-16,23-24H2,1-2H3,(H,41,42). The average molecular weight is 575 g/mol. The van der Waals surface area contributed by atoms with Gasteiger partial charge in [-0.25, -0.2) is 4.98 Å². The van der Waals surface area contributed by atoms with E-state index in [9.17, 15) is 13.2 Å². The van der Waals surface area contributed by atoms with Gasteiger partial charge in [0.05, 0.1) is 16.6 Å². The Bertz CT molecular complexity index is 1430. The summed E-state index contributed by atoms with van der Waals surface area (Å²) in [5, 5.41) is 0. The molecule has 1 heterocycles. The minimum Gasteiger partial charge on any atom is -0.338 e. The number of fused-ring (bicyclic) bond motifs is 4. The van der Waals surface area contributed by atoms with Crippen LogP contribution in [0.4, 0.5) is 13.2 Å². The Hall–Kier alpha value is -3.08. The van der Waals surface area contributed by atoms with Gasteiger partial charge in [-0.2, -0.15) is 13.2 Å². The highest BCUT2D eigenvalue weighted by Crippen LogP contribution is 2.55. The van der Waals surface area contributed by atoms with Gasteiger partial charge in [-0.3, -0.25) is 0 Å². The fraction of sp³-hybridized carbons (Fsp3) is 0.486. The molecular formula is C37H45F3N2. The number of halogens is 3. The number of alkyl halides is 3. The molecule has 224 valence electrons. The van der Waals surface area contributed by atoms with E-state index >= 15 is 0 Å². The second-order valence-corrected chi connectivity index (χ2v) is 12.2. The normalized spacial score (nSPS) is 13.9. The lowest BCUT2D eigenvalue weighted by molar-refractivity contribution is -0.137. The maximum Gasteiger partial charge on any atom is 0.416 e. The molecule has 0 fully saturated rings. The van der Waals surface area contributed by atoms with Crippen LogP contribution in [-0.2, 0) is 11.6 Å². The third kappa shape index (κ3) is 6.45. The van der Waals surface area contributed by atoms with Crippen molar-refractivity contribution in [2.75, 3.05) is 0 Å². The molecule has 1 aliphatic rings. The van der Waals surface area contributed by atoms with Gasteiger partial charge in [0.15, 0.2) is 0 Å². The second-order valence-electron chi connectivity index (χ2n) is 12.2. The van der Waals surface area contributed by atoms with Crippen LogP contribution in [0.3, 0.4) is 0 Å². The van der Waals surface area contributed by atoms with Gasteiger partial charge in [-0.05, 0) is 59.4 Å². The van der Waals surface area contributed by atoms with E-state index in [1.165, 1.54) is 111 Å². The molecule has 0 atom stereocenters. The van der Waals surface area contributed by atoms with Crippen LogP contribution in [0.1, 0.15) is 120 Å². The molecule has 0 amide bonds. The van der Waals surface area contributed by atoms with Crippen molar-refractivity contribution in [2.45, 2.75) is 115 Å². The van der Waals surface area contributed by atoms with E-state index in [0.717, 1.165) is 36.0 Å². The fourth-order valence-electron chi connectivity index (χ4n) is 6.99. The molecule has 0 saturated heterocycles. The summed E-state index contributed by atoms with van der Waals surface area (Å²) in [4.78, 5) is 8.30. The van der Waals surface area contributed by atoms with Gasteiger partial charge in [-0.15, -0.1) is 0 Å². The first kappa shape index (κ1) is 30.4. The van der Waals surface area contributed by atoms with Crippen molar-refractivity contribution < 1.29 is 13.2 Å². The van der Waals surface area contributed by atoms with Crippen molar-refractivity contribution in [1.29, 1.82) is 0 Å². The van der Waals surface area contributed by atoms with E-state index in [2.05, 4.69) is 55.2 Å². The lowest BCUT2D eigenvalue weighted by atomic mass is 9.70. The number of nitrogens with zero attached hydrogens (tertiary/aromatic N) is 1. The van der Waals surface area contributed by atoms with Crippen LogP contribution in [0, 0.1) is 0 Å². The zero-order valence-electron chi connectivity index (χ0n) is 25.3. The molecule has 0 radical (unpaired) electrons. The lowest BCUT2D eigenvalue weighted by Gasteiger charge is -2.33. The van der Waals surface area contributed by atoms with Crippen LogP contribution in [0.2, 0.25) is 0 Å². The third-order valence-corrected chi connectivity index (χ3v) is 9.27. The summed E-state index contributed by atoms with van der Waals surface area (Å²) in [7, 11) is 0. The Morgan fingerprint density at radius 1 is 0.667 bits per heavy atom. The number of aromatic amines is 1. The first-order chi connectivity index (χ1) is 20.4. The van der Waals surface area contributed by atoms with E-state index in [1.54, 1.807) is 0 Å². The molecule has 1 aromatic heterocycles. The minimum absolute atomic E-state index is 0.0186. The summed E-state index contributed by atoms with van der Waals surface area (Å²) in [6.45, 7) is 4.53. The number of hydrogen-bond acceptors (Lipinski definition) is 1. The van der Waals surface area contributed by atoms with E-state index < -0.39 is 11.7 Å². The molecule has 3 aromatic carbocycles. The molecule has 0 aliphatic heterocycles. The summed E-state index contributed by atoms with van der Waals surface area (Å²) in [5.74, 6) is 0.605. The predicted octanol–water partition coefficient (Wildman–Crippen LogP) is 12.0. The van der Waals surface area contributed by atoms with Gasteiger partial charge in [0, 0.05) is 11.0 Å². The van der Waals surface area contributed by atoms with Gasteiger partial charge in [0.25, 0.3) is 0 Å². The van der Waals surface area contributed by atoms with Crippen LogP contribution >= 0.6 is 0 Å². The van der Waals surface area contributed by atoms with Crippen molar-refractivity contribution in [2.24, 2.45) is 0 Å². The Morgan fingerprint density at radius 2 is 1.26 bits per heavy atom. The molecule has 4 aromatic rings. The second kappa shape index (κ2) is 13.5. The van der Waals surface area contributed by atoms with Gasteiger partial charge in [0.2, 0.25) is 0 Å². The summed E-state index contributed by atoms with van der Waals surface area (Å²) < 4.78 is 39.4. The zero-order valence-corrected chi connectivity index (χ0v) is 25.3. The highest BCUT2D eigenvalue weighted by atomic mass is 19.4. The molecule has 1 N–H and O–H groups in total. The summed E-state index contributed by atoms with van der Waals surface area (Å²) in [6, 6.07) is 18.7. The number of unbranched alkanes of at least 4 members (excludes halogenated alkanes) is 10. The Labute approximate surface area is 249 Å². The van der Waals surface area contributed by atoms with Crippen LogP contribution in [0.5, 0.6) is 0 Å². The van der Waals surface area contributed by atoms with E-state index in [-0.39, 0.29) is 5.41 Å². The topological polar surface area (TPSA) is 28.7 Å². The maximum atomic E-state index is 13.1. The highest BCUT2D eigenvalue weighted by molar-refractivity contribution is 5.91. The number of imidazole rings is 1. The lowest BCUT2D eigenvalue weighted by Crippen LogP contribution is -2.25. The average Bonchev–Trinajstić information content (AvgIpc) is 3.52. The fourth-order valence-corrected chi connectivity index (χ4v) is 6.99. The summed E-state index contributed by atoms with van der Waals surface area (Å²) >= 11 is 0. The molecular weight excluding hydrogens is 529 g/mol. The molecule has 0 spiro atoms. The summed E-state index contributed by atoms with van der Waals surface area (Å²) in [6.07, 6.45) is 13.3. The molecule has 0 unspecified atom stereocenters. The van der Waals surface area contributed by atoms with Crippen LogP contribution in [-0.4, -0.2) is 9.97 Å². The smallest absolute Gasteiger partial charge is 0.338 e. The molecule has 5 heteroatoms. The molecule has 42 heavy (non-hydrogen) atoms. The maximum absolute atomic E-state index is 13.1. The van der Waals surface area contributed by atoms with Crippen molar-refractivity contribution in [3.8, 4) is 22.5 Å². The number of H-pyrrole nitrogens is 1. The molecule has 5 rings (SSSR count). The molecule has 0 saturated carbocycles. The third-order valence-electron chi connectivity index (χ3n) is 9.27. The number of hydrogen-bond donors (Lipinski definition) is 1. The van der Waals surface area contributed by atoms with Gasteiger partial charge in [-0.1, -0.05) is 127 Å². The minimum atomic E-state index is -4.35. The van der Waals surface area contributed by atoms with E-state index in [1.807, 2.05) is 0 Å². The predicted molar refractivity (Wildman–Crippen MR) is 169 cm³/mol. The van der Waals surface area contributed by atoms with Gasteiger partial charge in [0.1, 0.15) is 5.82 Å². The van der Waals surface area contributed by atoms with Crippen LogP contribution in [0.15, 0.2) is 60.7 Å². The number of aromatic nitrogens is 2. The van der Waals surface area contributed by atoms with Crippen molar-refractivity contribution >= 4 is 11.0 Å². The monoisotopic (exact) mass is 574 g/mol. The molecule has 1 aliphatic carbocycles. The zero-order chi connectivity index (χ0) is 29.6. The SMILES string of the molecule is CCCCCCCCC1(CCCCCCCC)c2ccccc2-c2cc3nc(-c4ccc(C(F)(F)F)cc4)[nH]c3cc21. The highest BCUT2D eigenvalue weighted by Gasteiger charge is 2.42.